The van der Waals surface area contributed by atoms with Crippen LogP contribution < -0.4 is 0 Å². The molecule has 2 aliphatic rings. The largest absolute Gasteiger partial charge is 0.481 e. The van der Waals surface area contributed by atoms with E-state index >= 15 is 0 Å². The first-order valence-corrected chi connectivity index (χ1v) is 11.5. The number of aliphatic carboxylic acids is 1. The summed E-state index contributed by atoms with van der Waals surface area (Å²) in [5.41, 5.74) is 3.89. The second kappa shape index (κ2) is 7.59. The number of halogens is 2. The highest BCUT2D eigenvalue weighted by Gasteiger charge is 2.49. The normalized spacial score (nSPS) is 23.4. The van der Waals surface area contributed by atoms with Crippen molar-refractivity contribution < 1.29 is 23.4 Å². The molecule has 3 aromatic heterocycles. The van der Waals surface area contributed by atoms with E-state index in [-0.39, 0.29) is 11.8 Å². The average molecular weight is 466 g/mol. The maximum atomic E-state index is 14.4. The Morgan fingerprint density at radius 2 is 1.94 bits per heavy atom. The summed E-state index contributed by atoms with van der Waals surface area (Å²) in [6, 6.07) is 5.89. The van der Waals surface area contributed by atoms with Crippen molar-refractivity contribution in [1.29, 1.82) is 0 Å². The van der Waals surface area contributed by atoms with E-state index in [1.165, 1.54) is 6.07 Å². The topological polar surface area (TPSA) is 93.0 Å². The van der Waals surface area contributed by atoms with Crippen molar-refractivity contribution in [3.05, 3.63) is 53.4 Å². The molecule has 0 unspecified atom stereocenters. The van der Waals surface area contributed by atoms with Crippen molar-refractivity contribution in [3.63, 3.8) is 0 Å². The molecule has 1 aliphatic carbocycles. The highest BCUT2D eigenvalue weighted by Crippen LogP contribution is 2.55. The number of hydrogen-bond donors (Lipinski definition) is 2. The number of ether oxygens (including phenoxy) is 1. The van der Waals surface area contributed by atoms with E-state index in [4.69, 9.17) is 9.72 Å². The van der Waals surface area contributed by atoms with Gasteiger partial charge in [-0.15, -0.1) is 0 Å². The van der Waals surface area contributed by atoms with Gasteiger partial charge in [0.15, 0.2) is 17.3 Å². The van der Waals surface area contributed by atoms with Gasteiger partial charge in [-0.25, -0.2) is 13.8 Å². The van der Waals surface area contributed by atoms with Crippen molar-refractivity contribution >= 4 is 28.0 Å². The number of benzene rings is 1. The van der Waals surface area contributed by atoms with Crippen LogP contribution in [0.2, 0.25) is 0 Å². The molecule has 7 nitrogen and oxygen atoms in total. The summed E-state index contributed by atoms with van der Waals surface area (Å²) in [6.07, 6.45) is 4.25. The molecule has 1 aliphatic heterocycles. The lowest BCUT2D eigenvalue weighted by Gasteiger charge is -2.42. The monoisotopic (exact) mass is 466 g/mol. The van der Waals surface area contributed by atoms with Crippen LogP contribution >= 0.6 is 0 Å². The first-order chi connectivity index (χ1) is 16.4. The Bertz CT molecular complexity index is 1430. The van der Waals surface area contributed by atoms with Gasteiger partial charge in [-0.3, -0.25) is 9.89 Å². The molecule has 34 heavy (non-hydrogen) atoms. The van der Waals surface area contributed by atoms with Gasteiger partial charge < -0.3 is 14.4 Å². The number of carbonyl (C=O) groups is 1. The SMILES string of the molecule is C[C@]1(C(=O)O)C[C@H](c2c(C3CCOCC3)n(-c3ccc(F)c(F)c3)c3cc4cn[nH]c4nc32)C1. The lowest BCUT2D eigenvalue weighted by atomic mass is 9.60. The smallest absolute Gasteiger partial charge is 0.309 e. The second-order valence-electron chi connectivity index (χ2n) is 9.75. The number of carboxylic acids is 1. The Morgan fingerprint density at radius 1 is 1.18 bits per heavy atom. The van der Waals surface area contributed by atoms with Crippen LogP contribution in [0.25, 0.3) is 27.8 Å². The Balaban J connectivity index is 1.65. The summed E-state index contributed by atoms with van der Waals surface area (Å²) in [5, 5.41) is 17.5. The molecule has 0 atom stereocenters. The predicted octanol–water partition coefficient (Wildman–Crippen LogP) is 5.04. The van der Waals surface area contributed by atoms with Gasteiger partial charge in [0, 0.05) is 47.5 Å². The molecule has 176 valence electrons. The third-order valence-electron chi connectivity index (χ3n) is 7.51. The number of aromatic nitrogens is 4. The Kier molecular flexibility index (Phi) is 4.74. The lowest BCUT2D eigenvalue weighted by molar-refractivity contribution is -0.154. The maximum Gasteiger partial charge on any atom is 0.309 e. The molecule has 0 spiro atoms. The van der Waals surface area contributed by atoms with Crippen LogP contribution in [0.3, 0.4) is 0 Å². The van der Waals surface area contributed by atoms with E-state index in [9.17, 15) is 18.7 Å². The number of pyridine rings is 1. The van der Waals surface area contributed by atoms with Gasteiger partial charge in [-0.1, -0.05) is 0 Å². The fraction of sp³-hybridized carbons (Fsp3) is 0.400. The van der Waals surface area contributed by atoms with Crippen LogP contribution in [0.15, 0.2) is 30.5 Å². The van der Waals surface area contributed by atoms with Crippen LogP contribution in [0.4, 0.5) is 8.78 Å². The van der Waals surface area contributed by atoms with Crippen LogP contribution in [-0.2, 0) is 9.53 Å². The zero-order valence-corrected chi connectivity index (χ0v) is 18.6. The molecule has 0 amide bonds. The molecule has 1 saturated heterocycles. The standard InChI is InChI=1S/C25H24F2N4O3/c1-25(24(32)33)10-15(11-25)20-21-19(8-14-12-28-30-23(14)29-21)31(16-2-3-17(26)18(27)9-16)22(20)13-4-6-34-7-5-13/h2-3,8-9,12-13,15H,4-7,10-11H2,1H3,(H,32,33)(H,28,29,30)/t15-,25-. The van der Waals surface area contributed by atoms with Crippen LogP contribution in [-0.4, -0.2) is 44.0 Å². The number of nitrogens with one attached hydrogen (secondary N) is 1. The fourth-order valence-corrected chi connectivity index (χ4v) is 5.69. The van der Waals surface area contributed by atoms with Crippen molar-refractivity contribution in [2.24, 2.45) is 5.41 Å². The second-order valence-corrected chi connectivity index (χ2v) is 9.75. The van der Waals surface area contributed by atoms with Gasteiger partial charge in [0.1, 0.15) is 0 Å². The quantitative estimate of drug-likeness (QED) is 0.439. The zero-order valence-electron chi connectivity index (χ0n) is 18.6. The van der Waals surface area contributed by atoms with Gasteiger partial charge in [-0.2, -0.15) is 5.10 Å². The van der Waals surface area contributed by atoms with Crippen molar-refractivity contribution in [2.75, 3.05) is 13.2 Å². The molecule has 1 saturated carbocycles. The average Bonchev–Trinajstić information content (AvgIpc) is 3.39. The summed E-state index contributed by atoms with van der Waals surface area (Å²) in [7, 11) is 0. The van der Waals surface area contributed by atoms with Gasteiger partial charge in [0.25, 0.3) is 0 Å². The third-order valence-corrected chi connectivity index (χ3v) is 7.51. The van der Waals surface area contributed by atoms with Gasteiger partial charge in [0.05, 0.1) is 22.6 Å². The molecule has 2 fully saturated rings. The summed E-state index contributed by atoms with van der Waals surface area (Å²) >= 11 is 0. The van der Waals surface area contributed by atoms with Crippen molar-refractivity contribution in [1.82, 2.24) is 19.7 Å². The predicted molar refractivity (Wildman–Crippen MR) is 121 cm³/mol. The number of nitrogens with zero attached hydrogens (tertiary/aromatic N) is 3. The molecular formula is C25H24F2N4O3. The van der Waals surface area contributed by atoms with Crippen LogP contribution in [0.5, 0.6) is 0 Å². The minimum absolute atomic E-state index is 0.000798. The van der Waals surface area contributed by atoms with Gasteiger partial charge in [-0.05, 0) is 56.7 Å². The molecule has 1 aromatic carbocycles. The molecule has 6 rings (SSSR count). The third kappa shape index (κ3) is 3.14. The Morgan fingerprint density at radius 3 is 2.65 bits per heavy atom. The molecule has 9 heteroatoms. The van der Waals surface area contributed by atoms with Crippen molar-refractivity contribution in [2.45, 2.75) is 44.4 Å². The maximum absolute atomic E-state index is 14.4. The van der Waals surface area contributed by atoms with E-state index in [1.54, 1.807) is 19.2 Å². The number of fused-ring (bicyclic) bond motifs is 2. The number of carboxylic acid groups (broad SMARTS) is 1. The molecule has 4 heterocycles. The van der Waals surface area contributed by atoms with E-state index in [2.05, 4.69) is 10.2 Å². The summed E-state index contributed by atoms with van der Waals surface area (Å²) in [5.74, 6) is -2.50. The number of H-pyrrole nitrogens is 1. The minimum atomic E-state index is -0.918. The highest BCUT2D eigenvalue weighted by atomic mass is 19.2. The Labute approximate surface area is 193 Å². The van der Waals surface area contributed by atoms with Crippen LogP contribution in [0.1, 0.15) is 55.7 Å². The van der Waals surface area contributed by atoms with E-state index < -0.39 is 23.0 Å². The molecule has 0 radical (unpaired) electrons. The van der Waals surface area contributed by atoms with Crippen molar-refractivity contribution in [3.8, 4) is 5.69 Å². The molecule has 0 bridgehead atoms. The van der Waals surface area contributed by atoms with Crippen LogP contribution in [0, 0.1) is 17.0 Å². The van der Waals surface area contributed by atoms with Gasteiger partial charge >= 0.3 is 5.97 Å². The molecule has 2 N–H and O–H groups in total. The first kappa shape index (κ1) is 21.2. The number of hydrogen-bond acceptors (Lipinski definition) is 4. The highest BCUT2D eigenvalue weighted by molar-refractivity contribution is 5.94. The van der Waals surface area contributed by atoms with Gasteiger partial charge in [0.2, 0.25) is 0 Å². The summed E-state index contributed by atoms with van der Waals surface area (Å²) < 4.78 is 35.8. The molecular weight excluding hydrogens is 442 g/mol. The fourth-order valence-electron chi connectivity index (χ4n) is 5.69. The van der Waals surface area contributed by atoms with E-state index in [0.717, 1.165) is 46.6 Å². The lowest BCUT2D eigenvalue weighted by Crippen LogP contribution is -2.40. The zero-order chi connectivity index (χ0) is 23.6. The van der Waals surface area contributed by atoms with E-state index in [1.807, 2.05) is 10.6 Å². The number of rotatable bonds is 4. The minimum Gasteiger partial charge on any atom is -0.481 e. The Hall–Kier alpha value is -3.33. The molecule has 4 aromatic rings. The number of aromatic amines is 1. The summed E-state index contributed by atoms with van der Waals surface area (Å²) in [6.45, 7) is 2.99. The summed E-state index contributed by atoms with van der Waals surface area (Å²) in [4.78, 5) is 16.7. The first-order valence-electron chi connectivity index (χ1n) is 11.5. The van der Waals surface area contributed by atoms with E-state index in [0.29, 0.717) is 37.4 Å².